The van der Waals surface area contributed by atoms with E-state index in [4.69, 9.17) is 23.7 Å². The Balaban J connectivity index is 1.47. The van der Waals surface area contributed by atoms with E-state index < -0.39 is 12.1 Å². The van der Waals surface area contributed by atoms with Crippen LogP contribution in [0.3, 0.4) is 0 Å². The summed E-state index contributed by atoms with van der Waals surface area (Å²) in [5, 5.41) is 5.90. The van der Waals surface area contributed by atoms with Crippen molar-refractivity contribution in [3.05, 3.63) is 59.7 Å². The number of amides is 1. The number of nitrogens with one attached hydrogen (secondary N) is 2. The second-order valence-electron chi connectivity index (χ2n) is 10.4. The van der Waals surface area contributed by atoms with Gasteiger partial charge in [0.1, 0.15) is 13.2 Å². The summed E-state index contributed by atoms with van der Waals surface area (Å²) in [7, 11) is 0. The molecule has 0 radical (unpaired) electrons. The van der Waals surface area contributed by atoms with Gasteiger partial charge in [0, 0.05) is 16.9 Å². The van der Waals surface area contributed by atoms with Gasteiger partial charge in [-0.15, -0.1) is 0 Å². The second-order valence-corrected chi connectivity index (χ2v) is 11.4. The van der Waals surface area contributed by atoms with Crippen molar-refractivity contribution in [3.63, 3.8) is 0 Å². The summed E-state index contributed by atoms with van der Waals surface area (Å²) >= 11 is 2.14. The standard InChI is InChI=1S/C30H41IN2O7/c1-30(2,3)40-17-16-36-14-15-37-20-22(18-32-19-28(34)38-13-12-31)33-29(35)39-21-27-25-10-6-4-8-23(25)24-9-5-7-11-26(24)27/h4-11,22,27,32H,12-21H2,1-3H3,(H,33,35)/t22-/m1/s1. The fourth-order valence-electron chi connectivity index (χ4n) is 4.36. The first-order valence-electron chi connectivity index (χ1n) is 13.6. The molecule has 0 saturated carbocycles. The van der Waals surface area contributed by atoms with E-state index in [0.717, 1.165) is 15.6 Å². The minimum Gasteiger partial charge on any atom is -0.464 e. The summed E-state index contributed by atoms with van der Waals surface area (Å²) in [4.78, 5) is 24.7. The smallest absolute Gasteiger partial charge is 0.407 e. The first kappa shape index (κ1) is 32.3. The molecular weight excluding hydrogens is 627 g/mol. The zero-order valence-electron chi connectivity index (χ0n) is 23.6. The van der Waals surface area contributed by atoms with Crippen molar-refractivity contribution >= 4 is 34.7 Å². The van der Waals surface area contributed by atoms with Gasteiger partial charge >= 0.3 is 12.1 Å². The van der Waals surface area contributed by atoms with Gasteiger partial charge < -0.3 is 34.3 Å². The van der Waals surface area contributed by atoms with E-state index in [1.165, 1.54) is 11.1 Å². The summed E-state index contributed by atoms with van der Waals surface area (Å²) in [6.07, 6.45) is -0.541. The average Bonchev–Trinajstić information content (AvgIpc) is 3.25. The third kappa shape index (κ3) is 11.0. The third-order valence-electron chi connectivity index (χ3n) is 6.12. The van der Waals surface area contributed by atoms with Gasteiger partial charge in [0.05, 0.1) is 51.2 Å². The molecule has 3 rings (SSSR count). The molecule has 0 fully saturated rings. The van der Waals surface area contributed by atoms with Crippen LogP contribution < -0.4 is 10.6 Å². The highest BCUT2D eigenvalue weighted by Gasteiger charge is 2.29. The quantitative estimate of drug-likeness (QED) is 0.111. The number of hydrogen-bond acceptors (Lipinski definition) is 8. The SMILES string of the molecule is CC(C)(C)OCCOCCOC[C@@H](CNCC(=O)OCCI)NC(=O)OCC1c2ccccc2-c2ccccc21. The molecule has 1 aliphatic rings. The van der Waals surface area contributed by atoms with Gasteiger partial charge in [-0.2, -0.15) is 0 Å². The number of esters is 1. The molecule has 1 amide bonds. The van der Waals surface area contributed by atoms with Crippen molar-refractivity contribution in [2.24, 2.45) is 0 Å². The molecule has 2 aromatic carbocycles. The topological polar surface area (TPSA) is 104 Å². The number of hydrogen-bond donors (Lipinski definition) is 2. The minimum absolute atomic E-state index is 0.0296. The molecule has 0 saturated heterocycles. The van der Waals surface area contributed by atoms with Crippen molar-refractivity contribution in [2.45, 2.75) is 38.3 Å². The van der Waals surface area contributed by atoms with Gasteiger partial charge in [0.25, 0.3) is 0 Å². The molecule has 0 spiro atoms. The van der Waals surface area contributed by atoms with Crippen LogP contribution in [0.2, 0.25) is 0 Å². The van der Waals surface area contributed by atoms with Gasteiger partial charge in [-0.05, 0) is 43.0 Å². The summed E-state index contributed by atoms with van der Waals surface area (Å²) in [5.41, 5.74) is 4.44. The summed E-state index contributed by atoms with van der Waals surface area (Å²) in [6, 6.07) is 16.0. The van der Waals surface area contributed by atoms with Gasteiger partial charge in [0.2, 0.25) is 0 Å². The number of carbonyl (C=O) groups excluding carboxylic acids is 2. The monoisotopic (exact) mass is 668 g/mol. The molecule has 220 valence electrons. The molecule has 2 aromatic rings. The van der Waals surface area contributed by atoms with Gasteiger partial charge in [-0.1, -0.05) is 71.1 Å². The summed E-state index contributed by atoms with van der Waals surface area (Å²) < 4.78 is 28.4. The summed E-state index contributed by atoms with van der Waals surface area (Å²) in [6.45, 7) is 8.89. The van der Waals surface area contributed by atoms with Crippen molar-refractivity contribution in [1.29, 1.82) is 0 Å². The lowest BCUT2D eigenvalue weighted by molar-refractivity contribution is -0.141. The molecule has 0 bridgehead atoms. The van der Waals surface area contributed by atoms with Crippen LogP contribution in [-0.2, 0) is 28.5 Å². The van der Waals surface area contributed by atoms with Crippen LogP contribution in [0, 0.1) is 0 Å². The van der Waals surface area contributed by atoms with Crippen LogP contribution in [0.15, 0.2) is 48.5 Å². The maximum absolute atomic E-state index is 12.8. The molecule has 0 heterocycles. The predicted octanol–water partition coefficient (Wildman–Crippen LogP) is 4.31. The Labute approximate surface area is 250 Å². The normalized spacial score (nSPS) is 13.4. The van der Waals surface area contributed by atoms with Gasteiger partial charge in [-0.3, -0.25) is 4.79 Å². The Bertz CT molecular complexity index is 1030. The highest BCUT2D eigenvalue weighted by Crippen LogP contribution is 2.44. The molecule has 0 aliphatic heterocycles. The fourth-order valence-corrected chi connectivity index (χ4v) is 4.58. The first-order chi connectivity index (χ1) is 19.3. The van der Waals surface area contributed by atoms with Crippen LogP contribution in [0.5, 0.6) is 0 Å². The zero-order chi connectivity index (χ0) is 28.8. The Morgan fingerprint density at radius 3 is 2.15 bits per heavy atom. The average molecular weight is 669 g/mol. The fraction of sp³-hybridized carbons (Fsp3) is 0.533. The summed E-state index contributed by atoms with van der Waals surface area (Å²) in [5.74, 6) is -0.374. The van der Waals surface area contributed by atoms with E-state index >= 15 is 0 Å². The van der Waals surface area contributed by atoms with Crippen molar-refractivity contribution in [2.75, 3.05) is 63.8 Å². The van der Waals surface area contributed by atoms with Crippen molar-refractivity contribution in [1.82, 2.24) is 10.6 Å². The Kier molecular flexibility index (Phi) is 13.6. The molecule has 1 aliphatic carbocycles. The van der Waals surface area contributed by atoms with Crippen LogP contribution in [-0.4, -0.2) is 87.5 Å². The lowest BCUT2D eigenvalue weighted by atomic mass is 9.98. The van der Waals surface area contributed by atoms with E-state index in [1.807, 2.05) is 45.0 Å². The maximum Gasteiger partial charge on any atom is 0.407 e. The Hall–Kier alpha value is -2.25. The maximum atomic E-state index is 12.8. The second kappa shape index (κ2) is 16.9. The highest BCUT2D eigenvalue weighted by molar-refractivity contribution is 14.1. The Morgan fingerprint density at radius 2 is 1.50 bits per heavy atom. The number of fused-ring (bicyclic) bond motifs is 3. The van der Waals surface area contributed by atoms with Crippen LogP contribution >= 0.6 is 22.6 Å². The molecule has 40 heavy (non-hydrogen) atoms. The number of ether oxygens (including phenoxy) is 5. The van der Waals surface area contributed by atoms with E-state index in [9.17, 15) is 9.59 Å². The molecule has 2 N–H and O–H groups in total. The molecular formula is C30H41IN2O7. The molecule has 0 unspecified atom stereocenters. The van der Waals surface area contributed by atoms with E-state index in [-0.39, 0.29) is 37.2 Å². The van der Waals surface area contributed by atoms with Crippen LogP contribution in [0.1, 0.15) is 37.8 Å². The molecule has 9 nitrogen and oxygen atoms in total. The molecule has 1 atom stereocenters. The van der Waals surface area contributed by atoms with E-state index in [0.29, 0.717) is 39.6 Å². The minimum atomic E-state index is -0.541. The van der Waals surface area contributed by atoms with Gasteiger partial charge in [-0.25, -0.2) is 4.79 Å². The van der Waals surface area contributed by atoms with Crippen molar-refractivity contribution in [3.8, 4) is 11.1 Å². The third-order valence-corrected chi connectivity index (χ3v) is 6.56. The van der Waals surface area contributed by atoms with Gasteiger partial charge in [0.15, 0.2) is 0 Å². The van der Waals surface area contributed by atoms with E-state index in [2.05, 4.69) is 57.5 Å². The largest absolute Gasteiger partial charge is 0.464 e. The molecule has 0 aromatic heterocycles. The highest BCUT2D eigenvalue weighted by atomic mass is 127. The zero-order valence-corrected chi connectivity index (χ0v) is 25.7. The Morgan fingerprint density at radius 1 is 0.875 bits per heavy atom. The molecule has 10 heteroatoms. The number of halogens is 1. The number of benzene rings is 2. The number of carbonyl (C=O) groups is 2. The number of alkyl halides is 1. The predicted molar refractivity (Wildman–Crippen MR) is 162 cm³/mol. The number of alkyl carbamates (subject to hydrolysis) is 1. The first-order valence-corrected chi connectivity index (χ1v) is 15.1. The lowest BCUT2D eigenvalue weighted by Crippen LogP contribution is -2.46. The van der Waals surface area contributed by atoms with Crippen molar-refractivity contribution < 1.29 is 33.3 Å². The van der Waals surface area contributed by atoms with Crippen LogP contribution in [0.4, 0.5) is 4.79 Å². The number of rotatable bonds is 17. The van der Waals surface area contributed by atoms with E-state index in [1.54, 1.807) is 0 Å². The lowest BCUT2D eigenvalue weighted by Gasteiger charge is -2.21. The van der Waals surface area contributed by atoms with Crippen LogP contribution in [0.25, 0.3) is 11.1 Å².